The number of hydrogen-bond donors (Lipinski definition) is 2. The van der Waals surface area contributed by atoms with E-state index >= 15 is 0 Å². The largest absolute Gasteiger partial charge is 0.493 e. The van der Waals surface area contributed by atoms with Gasteiger partial charge in [0, 0.05) is 25.8 Å². The fourth-order valence-corrected chi connectivity index (χ4v) is 4.04. The normalized spacial score (nSPS) is 14.1. The Morgan fingerprint density at radius 3 is 2.69 bits per heavy atom. The van der Waals surface area contributed by atoms with E-state index in [4.69, 9.17) is 13.9 Å². The molecule has 0 saturated carbocycles. The van der Waals surface area contributed by atoms with E-state index in [0.29, 0.717) is 46.8 Å². The van der Waals surface area contributed by atoms with Gasteiger partial charge in [-0.05, 0) is 42.7 Å². The summed E-state index contributed by atoms with van der Waals surface area (Å²) in [5, 5.41) is 9.79. The van der Waals surface area contributed by atoms with E-state index in [2.05, 4.69) is 25.8 Å². The van der Waals surface area contributed by atoms with Crippen LogP contribution in [0.4, 0.5) is 5.95 Å². The van der Waals surface area contributed by atoms with Gasteiger partial charge in [-0.3, -0.25) is 10.2 Å². The average Bonchev–Trinajstić information content (AvgIpc) is 3.58. The third kappa shape index (κ3) is 4.76. The lowest BCUT2D eigenvalue weighted by molar-refractivity contribution is 0.0751. The van der Waals surface area contributed by atoms with Crippen molar-refractivity contribution >= 4 is 17.5 Å². The summed E-state index contributed by atoms with van der Waals surface area (Å²) in [6.45, 7) is 2.09. The van der Waals surface area contributed by atoms with Crippen LogP contribution in [0.3, 0.4) is 0 Å². The Balaban J connectivity index is 1.45. The maximum Gasteiger partial charge on any atom is 0.270 e. The molecule has 35 heavy (non-hydrogen) atoms. The van der Waals surface area contributed by atoms with Crippen LogP contribution >= 0.6 is 0 Å². The summed E-state index contributed by atoms with van der Waals surface area (Å²) in [7, 11) is 3.19. The lowest BCUT2D eigenvalue weighted by Gasteiger charge is -2.26. The van der Waals surface area contributed by atoms with Crippen LogP contribution < -0.4 is 20.2 Å². The smallest absolute Gasteiger partial charge is 0.270 e. The molecule has 2 N–H and O–H groups in total. The van der Waals surface area contributed by atoms with Crippen molar-refractivity contribution in [2.45, 2.75) is 25.8 Å². The van der Waals surface area contributed by atoms with Crippen LogP contribution in [0.5, 0.6) is 11.5 Å². The minimum Gasteiger partial charge on any atom is -0.493 e. The summed E-state index contributed by atoms with van der Waals surface area (Å²) in [4.78, 5) is 22.2. The average molecular weight is 478 g/mol. The molecule has 0 bridgehead atoms. The zero-order valence-corrected chi connectivity index (χ0v) is 19.7. The molecule has 4 heterocycles. The molecule has 11 nitrogen and oxygen atoms in total. The van der Waals surface area contributed by atoms with Crippen molar-refractivity contribution in [1.29, 1.82) is 0 Å². The van der Waals surface area contributed by atoms with Crippen molar-refractivity contribution in [1.82, 2.24) is 30.0 Å². The molecule has 1 fully saturated rings. The molecule has 11 heteroatoms. The van der Waals surface area contributed by atoms with Crippen molar-refractivity contribution in [2.75, 3.05) is 32.6 Å². The van der Waals surface area contributed by atoms with Crippen molar-refractivity contribution < 1.29 is 18.7 Å². The molecule has 0 spiro atoms. The molecule has 1 amide bonds. The van der Waals surface area contributed by atoms with Gasteiger partial charge in [0.1, 0.15) is 5.56 Å². The van der Waals surface area contributed by atoms with Gasteiger partial charge in [0.15, 0.2) is 22.9 Å². The number of rotatable bonds is 8. The molecule has 1 aromatic carbocycles. The maximum absolute atomic E-state index is 13.1. The van der Waals surface area contributed by atoms with E-state index in [-0.39, 0.29) is 5.91 Å². The predicted octanol–water partition coefficient (Wildman–Crippen LogP) is 3.14. The van der Waals surface area contributed by atoms with Crippen LogP contribution in [-0.2, 0) is 6.54 Å². The molecule has 0 unspecified atom stereocenters. The Kier molecular flexibility index (Phi) is 6.49. The van der Waals surface area contributed by atoms with Crippen LogP contribution in [0.15, 0.2) is 47.2 Å². The lowest BCUT2D eigenvalue weighted by atomic mass is 10.2. The molecule has 182 valence electrons. The number of nitrogens with one attached hydrogen (secondary N) is 2. The minimum atomic E-state index is -0.269. The highest BCUT2D eigenvalue weighted by Gasteiger charge is 2.22. The molecule has 4 aromatic rings. The van der Waals surface area contributed by atoms with Crippen LogP contribution in [-0.4, -0.2) is 57.8 Å². The van der Waals surface area contributed by atoms with Gasteiger partial charge in [-0.15, -0.1) is 5.10 Å². The topological polar surface area (TPSA) is 119 Å². The molecule has 1 aliphatic rings. The number of carbonyl (C=O) groups is 1. The minimum absolute atomic E-state index is 0.269. The number of hydrazine groups is 1. The molecule has 0 atom stereocenters. The highest BCUT2D eigenvalue weighted by Crippen LogP contribution is 2.28. The van der Waals surface area contributed by atoms with Gasteiger partial charge >= 0.3 is 0 Å². The van der Waals surface area contributed by atoms with Crippen LogP contribution in [0, 0.1) is 0 Å². The molecule has 0 radical (unpaired) electrons. The predicted molar refractivity (Wildman–Crippen MR) is 128 cm³/mol. The van der Waals surface area contributed by atoms with E-state index in [1.54, 1.807) is 32.6 Å². The Morgan fingerprint density at radius 1 is 1.11 bits per heavy atom. The lowest BCUT2D eigenvalue weighted by Crippen LogP contribution is -2.45. The van der Waals surface area contributed by atoms with E-state index in [0.717, 1.165) is 31.5 Å². The highest BCUT2D eigenvalue weighted by molar-refractivity contribution is 5.99. The summed E-state index contributed by atoms with van der Waals surface area (Å²) in [6, 6.07) is 9.20. The van der Waals surface area contributed by atoms with Gasteiger partial charge in [0.2, 0.25) is 11.8 Å². The fraction of sp³-hybridized carbons (Fsp3) is 0.333. The number of hydrogen-bond acceptors (Lipinski definition) is 9. The second kappa shape index (κ2) is 10.0. The third-order valence-electron chi connectivity index (χ3n) is 5.87. The Morgan fingerprint density at radius 2 is 1.94 bits per heavy atom. The number of aromatic nitrogens is 4. The summed E-state index contributed by atoms with van der Waals surface area (Å²) < 4.78 is 17.7. The number of piperidine rings is 1. The summed E-state index contributed by atoms with van der Waals surface area (Å²) in [5.74, 6) is 2.32. The van der Waals surface area contributed by atoms with Crippen molar-refractivity contribution in [3.8, 4) is 23.1 Å². The number of methoxy groups -OCH3 is 2. The number of benzene rings is 1. The van der Waals surface area contributed by atoms with Gasteiger partial charge < -0.3 is 19.2 Å². The number of carbonyl (C=O) groups excluding carboxylic acids is 1. The molecule has 3 aromatic heterocycles. The molecule has 0 aliphatic carbocycles. The molecule has 1 saturated heterocycles. The van der Waals surface area contributed by atoms with Gasteiger partial charge in [0.05, 0.1) is 20.5 Å². The first kappa shape index (κ1) is 22.7. The SMILES string of the molecule is COc1ccc(CNc2ncc(C(=O)NN3CCCCC3)c3nc(-c4ccco4)nn23)cc1OC. The van der Waals surface area contributed by atoms with E-state index in [9.17, 15) is 4.79 Å². The summed E-state index contributed by atoms with van der Waals surface area (Å²) in [5.41, 5.74) is 4.65. The summed E-state index contributed by atoms with van der Waals surface area (Å²) >= 11 is 0. The summed E-state index contributed by atoms with van der Waals surface area (Å²) in [6.07, 6.45) is 6.36. The van der Waals surface area contributed by atoms with E-state index in [1.807, 2.05) is 23.2 Å². The second-order valence-electron chi connectivity index (χ2n) is 8.18. The molecule has 5 rings (SSSR count). The fourth-order valence-electron chi connectivity index (χ4n) is 4.04. The highest BCUT2D eigenvalue weighted by atomic mass is 16.5. The monoisotopic (exact) mass is 477 g/mol. The van der Waals surface area contributed by atoms with Crippen molar-refractivity contribution in [3.63, 3.8) is 0 Å². The van der Waals surface area contributed by atoms with Crippen LogP contribution in [0.1, 0.15) is 35.2 Å². The number of anilines is 1. The van der Waals surface area contributed by atoms with Gasteiger partial charge in [0.25, 0.3) is 5.91 Å². The van der Waals surface area contributed by atoms with E-state index < -0.39 is 0 Å². The first-order chi connectivity index (χ1) is 17.2. The first-order valence-corrected chi connectivity index (χ1v) is 11.5. The molecule has 1 aliphatic heterocycles. The van der Waals surface area contributed by atoms with Gasteiger partial charge in [-0.2, -0.15) is 4.52 Å². The quantitative estimate of drug-likeness (QED) is 0.394. The van der Waals surface area contributed by atoms with E-state index in [1.165, 1.54) is 17.1 Å². The van der Waals surface area contributed by atoms with Crippen LogP contribution in [0.25, 0.3) is 17.2 Å². The van der Waals surface area contributed by atoms with Crippen molar-refractivity contribution in [3.05, 3.63) is 53.9 Å². The Labute approximate surface area is 202 Å². The number of amides is 1. The Bertz CT molecular complexity index is 1310. The Hall–Kier alpha value is -4.12. The molecular formula is C24H27N7O4. The number of ether oxygens (including phenoxy) is 2. The van der Waals surface area contributed by atoms with Crippen LogP contribution in [0.2, 0.25) is 0 Å². The maximum atomic E-state index is 13.1. The van der Waals surface area contributed by atoms with Gasteiger partial charge in [-0.1, -0.05) is 12.5 Å². The third-order valence-corrected chi connectivity index (χ3v) is 5.87. The number of nitrogens with zero attached hydrogens (tertiary/aromatic N) is 5. The molecular weight excluding hydrogens is 450 g/mol. The van der Waals surface area contributed by atoms with Gasteiger partial charge in [-0.25, -0.2) is 15.0 Å². The number of fused-ring (bicyclic) bond motifs is 1. The second-order valence-corrected chi connectivity index (χ2v) is 8.18. The number of furan rings is 1. The first-order valence-electron chi connectivity index (χ1n) is 11.5. The standard InChI is InChI=1S/C24H27N7O4/c1-33-18-9-8-16(13-20(18)34-2)14-25-24-26-15-17(23(32)29-30-10-4-3-5-11-30)22-27-21(28-31(22)24)19-7-6-12-35-19/h6-9,12-13,15H,3-5,10-11,14H2,1-2H3,(H,25,26)(H,29,32). The van der Waals surface area contributed by atoms with Crippen molar-refractivity contribution in [2.24, 2.45) is 0 Å². The zero-order chi connectivity index (χ0) is 24.2. The zero-order valence-electron chi connectivity index (χ0n) is 19.7.